The highest BCUT2D eigenvalue weighted by Gasteiger charge is 2.22. The Morgan fingerprint density at radius 1 is 0.465 bits per heavy atom. The van der Waals surface area contributed by atoms with Gasteiger partial charge in [-0.15, -0.1) is 0 Å². The first-order valence-corrected chi connectivity index (χ1v) is 15.6. The molecule has 9 aromatic rings. The van der Waals surface area contributed by atoms with Gasteiger partial charge < -0.3 is 9.13 Å². The van der Waals surface area contributed by atoms with Crippen LogP contribution < -0.4 is 0 Å². The summed E-state index contributed by atoms with van der Waals surface area (Å²) in [5.41, 5.74) is 12.0. The molecule has 1 aliphatic heterocycles. The minimum atomic E-state index is 0.904. The summed E-state index contributed by atoms with van der Waals surface area (Å²) in [5, 5.41) is 6.14. The molecule has 5 heteroatoms. The lowest BCUT2D eigenvalue weighted by molar-refractivity contribution is 0.893. The second-order valence-electron chi connectivity index (χ2n) is 11.2. The first kappa shape index (κ1) is 23.3. The van der Waals surface area contributed by atoms with Gasteiger partial charge in [-0.1, -0.05) is 78.5 Å². The number of nitrogens with zero attached hydrogens (tertiary/aromatic N) is 4. The van der Waals surface area contributed by atoms with E-state index in [9.17, 15) is 0 Å². The molecular formula is C38H24N4S. The van der Waals surface area contributed by atoms with Crippen molar-refractivity contribution in [3.05, 3.63) is 139 Å². The lowest BCUT2D eigenvalue weighted by atomic mass is 10.1. The predicted octanol–water partition coefficient (Wildman–Crippen LogP) is 9.83. The van der Waals surface area contributed by atoms with E-state index in [-0.39, 0.29) is 0 Å². The van der Waals surface area contributed by atoms with Crippen molar-refractivity contribution >= 4 is 66.4 Å². The lowest BCUT2D eigenvalue weighted by Crippen LogP contribution is -2.07. The molecule has 0 radical (unpaired) electrons. The third-order valence-electron chi connectivity index (χ3n) is 8.94. The van der Waals surface area contributed by atoms with Gasteiger partial charge in [0.25, 0.3) is 0 Å². The van der Waals surface area contributed by atoms with E-state index < -0.39 is 0 Å². The van der Waals surface area contributed by atoms with Gasteiger partial charge in [-0.05, 0) is 72.3 Å². The Morgan fingerprint density at radius 3 is 1.70 bits per heavy atom. The largest absolute Gasteiger partial charge is 0.309 e. The fourth-order valence-electron chi connectivity index (χ4n) is 7.10. The zero-order valence-corrected chi connectivity index (χ0v) is 23.9. The molecule has 0 unspecified atom stereocenters. The average molecular weight is 569 g/mol. The van der Waals surface area contributed by atoms with E-state index in [1.54, 1.807) is 0 Å². The number of benzene rings is 6. The van der Waals surface area contributed by atoms with E-state index in [0.717, 1.165) is 21.9 Å². The van der Waals surface area contributed by atoms with Gasteiger partial charge in [0.2, 0.25) is 0 Å². The monoisotopic (exact) mass is 568 g/mol. The molecule has 0 atom stereocenters. The molecule has 202 valence electrons. The van der Waals surface area contributed by atoms with Gasteiger partial charge in [0.05, 0.1) is 38.8 Å². The predicted molar refractivity (Wildman–Crippen MR) is 179 cm³/mol. The first-order valence-electron chi connectivity index (χ1n) is 14.6. The van der Waals surface area contributed by atoms with Crippen LogP contribution in [-0.2, 0) is 5.75 Å². The average Bonchev–Trinajstić information content (AvgIpc) is 3.72. The van der Waals surface area contributed by atoms with Gasteiger partial charge in [0, 0.05) is 38.7 Å². The number of thioether (sulfide) groups is 1. The van der Waals surface area contributed by atoms with E-state index in [4.69, 9.17) is 4.98 Å². The number of fused-ring (bicyclic) bond motifs is 11. The zero-order valence-electron chi connectivity index (χ0n) is 23.1. The molecule has 0 aliphatic carbocycles. The normalized spacial score (nSPS) is 12.9. The highest BCUT2D eigenvalue weighted by atomic mass is 32.2. The van der Waals surface area contributed by atoms with Crippen molar-refractivity contribution in [2.24, 2.45) is 0 Å². The van der Waals surface area contributed by atoms with Gasteiger partial charge in [-0.2, -0.15) is 0 Å². The topological polar surface area (TPSA) is 27.7 Å². The maximum Gasteiger partial charge on any atom is 0.174 e. The van der Waals surface area contributed by atoms with E-state index in [1.165, 1.54) is 66.2 Å². The molecule has 4 nitrogen and oxygen atoms in total. The van der Waals surface area contributed by atoms with Crippen molar-refractivity contribution in [2.45, 2.75) is 10.9 Å². The first-order chi connectivity index (χ1) is 21.3. The van der Waals surface area contributed by atoms with E-state index in [2.05, 4.69) is 147 Å². The zero-order chi connectivity index (χ0) is 28.1. The Hall–Kier alpha value is -5.26. The van der Waals surface area contributed by atoms with Crippen LogP contribution in [0.3, 0.4) is 0 Å². The second-order valence-corrected chi connectivity index (χ2v) is 12.2. The number of hydrogen-bond donors (Lipinski definition) is 0. The maximum atomic E-state index is 4.89. The summed E-state index contributed by atoms with van der Waals surface area (Å²) < 4.78 is 7.14. The van der Waals surface area contributed by atoms with Crippen molar-refractivity contribution in [3.8, 4) is 17.1 Å². The SMILES string of the molecule is c1ccc2c(c1)nc1n2-c2ccc(-n3c4ccccc4c4cc(-n5c6ccccc6c6ccccc65)ccc43)cc2CS1. The van der Waals surface area contributed by atoms with Crippen LogP contribution in [0.15, 0.2) is 139 Å². The van der Waals surface area contributed by atoms with Crippen LogP contribution in [0.2, 0.25) is 0 Å². The number of para-hydroxylation sites is 5. The molecule has 43 heavy (non-hydrogen) atoms. The summed E-state index contributed by atoms with van der Waals surface area (Å²) >= 11 is 1.81. The van der Waals surface area contributed by atoms with Gasteiger partial charge in [0.15, 0.2) is 5.16 Å². The number of hydrogen-bond acceptors (Lipinski definition) is 2. The summed E-state index contributed by atoms with van der Waals surface area (Å²) in [4.78, 5) is 4.89. The second kappa shape index (κ2) is 8.63. The number of imidazole rings is 1. The molecular weight excluding hydrogens is 545 g/mol. The molecule has 0 N–H and O–H groups in total. The molecule has 0 bridgehead atoms. The Balaban J connectivity index is 1.20. The highest BCUT2D eigenvalue weighted by Crippen LogP contribution is 2.40. The molecule has 6 aromatic carbocycles. The third kappa shape index (κ3) is 3.20. The van der Waals surface area contributed by atoms with Crippen LogP contribution in [0.25, 0.3) is 71.7 Å². The van der Waals surface area contributed by atoms with Crippen LogP contribution in [0, 0.1) is 0 Å². The van der Waals surface area contributed by atoms with Crippen molar-refractivity contribution < 1.29 is 0 Å². The van der Waals surface area contributed by atoms with Crippen molar-refractivity contribution in [2.75, 3.05) is 0 Å². The molecule has 1 aliphatic rings. The Kier molecular flexibility index (Phi) is 4.68. The van der Waals surface area contributed by atoms with Gasteiger partial charge in [-0.3, -0.25) is 4.57 Å². The van der Waals surface area contributed by atoms with Crippen LogP contribution in [0.1, 0.15) is 5.56 Å². The summed E-state index contributed by atoms with van der Waals surface area (Å²) in [7, 11) is 0. The summed E-state index contributed by atoms with van der Waals surface area (Å²) in [5.74, 6) is 0.904. The summed E-state index contributed by atoms with van der Waals surface area (Å²) in [6, 6.07) is 48.5. The van der Waals surface area contributed by atoms with E-state index in [0.29, 0.717) is 0 Å². The maximum absolute atomic E-state index is 4.89. The smallest absolute Gasteiger partial charge is 0.174 e. The molecule has 4 heterocycles. The lowest BCUT2D eigenvalue weighted by Gasteiger charge is -2.20. The molecule has 10 rings (SSSR count). The van der Waals surface area contributed by atoms with Crippen LogP contribution >= 0.6 is 11.8 Å². The molecule has 0 saturated heterocycles. The molecule has 0 saturated carbocycles. The third-order valence-corrected chi connectivity index (χ3v) is 9.93. The van der Waals surface area contributed by atoms with Crippen molar-refractivity contribution in [1.82, 2.24) is 18.7 Å². The van der Waals surface area contributed by atoms with E-state index in [1.807, 2.05) is 11.8 Å². The fraction of sp³-hybridized carbons (Fsp3) is 0.0263. The number of rotatable bonds is 2. The minimum Gasteiger partial charge on any atom is -0.309 e. The molecule has 0 spiro atoms. The molecule has 3 aromatic heterocycles. The van der Waals surface area contributed by atoms with Crippen molar-refractivity contribution in [1.29, 1.82) is 0 Å². The quantitative estimate of drug-likeness (QED) is 0.208. The van der Waals surface area contributed by atoms with Crippen LogP contribution in [-0.4, -0.2) is 18.7 Å². The summed E-state index contributed by atoms with van der Waals surface area (Å²) in [6.07, 6.45) is 0. The van der Waals surface area contributed by atoms with E-state index >= 15 is 0 Å². The Labute approximate surface area is 251 Å². The van der Waals surface area contributed by atoms with Crippen molar-refractivity contribution in [3.63, 3.8) is 0 Å². The van der Waals surface area contributed by atoms with Gasteiger partial charge in [-0.25, -0.2) is 4.98 Å². The Bertz CT molecular complexity index is 2530. The molecule has 0 amide bonds. The summed E-state index contributed by atoms with van der Waals surface area (Å²) in [6.45, 7) is 0. The van der Waals surface area contributed by atoms with Crippen LogP contribution in [0.5, 0.6) is 0 Å². The van der Waals surface area contributed by atoms with Gasteiger partial charge in [0.1, 0.15) is 0 Å². The number of aromatic nitrogens is 4. The molecule has 0 fully saturated rings. The standard InChI is InChI=1S/C38H24N4S/c1-5-13-33-27(9-1)28-10-2-6-14-34(28)41(33)26-18-20-36-30(22-26)29-11-3-7-15-35(29)40(36)25-17-19-32-24(21-25)23-43-38-39-31-12-4-8-16-37(31)42(32)38/h1-22H,23H2. The highest BCUT2D eigenvalue weighted by molar-refractivity contribution is 7.98. The minimum absolute atomic E-state index is 0.904. The van der Waals surface area contributed by atoms with Crippen LogP contribution in [0.4, 0.5) is 0 Å². The fourth-order valence-corrected chi connectivity index (χ4v) is 8.10. The Morgan fingerprint density at radius 2 is 1.00 bits per heavy atom. The van der Waals surface area contributed by atoms with Gasteiger partial charge >= 0.3 is 0 Å².